The van der Waals surface area contributed by atoms with Gasteiger partial charge in [-0.05, 0) is 39.1 Å². The molecular formula is C11H20N4S. The highest BCUT2D eigenvalue weighted by atomic mass is 32.2. The first-order valence-electron chi connectivity index (χ1n) is 5.75. The molecule has 1 unspecified atom stereocenters. The predicted octanol–water partition coefficient (Wildman–Crippen LogP) is 1.65. The van der Waals surface area contributed by atoms with Crippen molar-refractivity contribution in [3.05, 3.63) is 0 Å². The quantitative estimate of drug-likeness (QED) is 0.353. The van der Waals surface area contributed by atoms with Crippen molar-refractivity contribution < 1.29 is 0 Å². The molecule has 0 radical (unpaired) electrons. The van der Waals surface area contributed by atoms with E-state index in [0.717, 1.165) is 6.54 Å². The monoisotopic (exact) mass is 240 g/mol. The molecule has 1 saturated heterocycles. The van der Waals surface area contributed by atoms with Gasteiger partial charge in [0.15, 0.2) is 11.4 Å². The number of likely N-dealkylation sites (tertiary alicyclic amines) is 1. The Morgan fingerprint density at radius 2 is 2.19 bits per heavy atom. The van der Waals surface area contributed by atoms with Crippen LogP contribution in [0.5, 0.6) is 0 Å². The number of thioether (sulfide) groups is 1. The normalized spacial score (nSPS) is 20.2. The largest absolute Gasteiger partial charge is 0.301 e. The Morgan fingerprint density at radius 1 is 1.50 bits per heavy atom. The summed E-state index contributed by atoms with van der Waals surface area (Å²) >= 11 is 1.48. The van der Waals surface area contributed by atoms with Crippen LogP contribution in [0.4, 0.5) is 0 Å². The number of rotatable bonds is 3. The molecule has 1 aliphatic rings. The average Bonchev–Trinajstić information content (AvgIpc) is 2.29. The first-order chi connectivity index (χ1) is 7.76. The molecule has 1 atom stereocenters. The number of hydrogen-bond acceptors (Lipinski definition) is 4. The third-order valence-electron chi connectivity index (χ3n) is 2.66. The van der Waals surface area contributed by atoms with Crippen LogP contribution in [0.25, 0.3) is 0 Å². The van der Waals surface area contributed by atoms with Crippen molar-refractivity contribution in [1.29, 1.82) is 5.26 Å². The number of amidine groups is 1. The van der Waals surface area contributed by atoms with E-state index in [1.54, 1.807) is 0 Å². The van der Waals surface area contributed by atoms with Gasteiger partial charge in [-0.2, -0.15) is 5.26 Å². The molecule has 0 aromatic carbocycles. The zero-order chi connectivity index (χ0) is 11.8. The highest BCUT2D eigenvalue weighted by molar-refractivity contribution is 8.13. The number of piperidine rings is 1. The zero-order valence-corrected chi connectivity index (χ0v) is 10.9. The van der Waals surface area contributed by atoms with Crippen LogP contribution in [0, 0.1) is 11.5 Å². The minimum atomic E-state index is 0.251. The van der Waals surface area contributed by atoms with Crippen LogP contribution in [0.15, 0.2) is 4.99 Å². The minimum Gasteiger partial charge on any atom is -0.301 e. The van der Waals surface area contributed by atoms with E-state index in [1.165, 1.54) is 44.1 Å². The maximum atomic E-state index is 8.54. The van der Waals surface area contributed by atoms with E-state index in [0.29, 0.717) is 5.17 Å². The van der Waals surface area contributed by atoms with Crippen molar-refractivity contribution in [2.75, 3.05) is 25.9 Å². The molecule has 0 bridgehead atoms. The molecule has 1 aliphatic heterocycles. The molecule has 1 rings (SSSR count). The molecule has 1 heterocycles. The average molecular weight is 240 g/mol. The van der Waals surface area contributed by atoms with E-state index in [1.807, 2.05) is 12.4 Å². The van der Waals surface area contributed by atoms with Crippen LogP contribution in [-0.2, 0) is 0 Å². The second kappa shape index (κ2) is 7.53. The van der Waals surface area contributed by atoms with E-state index in [9.17, 15) is 0 Å². The van der Waals surface area contributed by atoms with Crippen LogP contribution in [0.3, 0.4) is 0 Å². The van der Waals surface area contributed by atoms with Crippen molar-refractivity contribution in [1.82, 2.24) is 10.2 Å². The summed E-state index contributed by atoms with van der Waals surface area (Å²) in [4.78, 5) is 6.94. The lowest BCUT2D eigenvalue weighted by molar-refractivity contribution is 0.220. The molecule has 5 heteroatoms. The van der Waals surface area contributed by atoms with Crippen LogP contribution in [-0.4, -0.2) is 42.0 Å². The van der Waals surface area contributed by atoms with Crippen LogP contribution >= 0.6 is 11.8 Å². The van der Waals surface area contributed by atoms with E-state index in [4.69, 9.17) is 5.26 Å². The van der Waals surface area contributed by atoms with Crippen molar-refractivity contribution in [3.8, 4) is 6.19 Å². The van der Waals surface area contributed by atoms with Gasteiger partial charge in [0.05, 0.1) is 6.04 Å². The fourth-order valence-corrected chi connectivity index (χ4v) is 2.37. The topological polar surface area (TPSA) is 51.4 Å². The van der Waals surface area contributed by atoms with Crippen molar-refractivity contribution in [2.45, 2.75) is 32.2 Å². The second-order valence-corrected chi connectivity index (χ2v) is 4.88. The van der Waals surface area contributed by atoms with E-state index in [-0.39, 0.29) is 6.04 Å². The highest BCUT2D eigenvalue weighted by Gasteiger charge is 2.13. The SMILES string of the molecule is CSC(=NC(C)CN1CCCCC1)NC#N. The molecule has 1 fully saturated rings. The molecule has 90 valence electrons. The summed E-state index contributed by atoms with van der Waals surface area (Å²) in [6.45, 7) is 5.49. The van der Waals surface area contributed by atoms with Crippen molar-refractivity contribution in [3.63, 3.8) is 0 Å². The lowest BCUT2D eigenvalue weighted by atomic mass is 10.1. The van der Waals surface area contributed by atoms with Gasteiger partial charge in [0.2, 0.25) is 0 Å². The zero-order valence-electron chi connectivity index (χ0n) is 10.1. The van der Waals surface area contributed by atoms with Crippen molar-refractivity contribution >= 4 is 16.9 Å². The van der Waals surface area contributed by atoms with Crippen molar-refractivity contribution in [2.24, 2.45) is 4.99 Å². The van der Waals surface area contributed by atoms with Crippen LogP contribution in [0.1, 0.15) is 26.2 Å². The summed E-state index contributed by atoms with van der Waals surface area (Å²) in [7, 11) is 0. The Kier molecular flexibility index (Phi) is 6.27. The van der Waals surface area contributed by atoms with Gasteiger partial charge in [-0.3, -0.25) is 10.3 Å². The third-order valence-corrected chi connectivity index (χ3v) is 3.26. The minimum absolute atomic E-state index is 0.251. The van der Waals surface area contributed by atoms with Gasteiger partial charge in [-0.1, -0.05) is 18.2 Å². The lowest BCUT2D eigenvalue weighted by Crippen LogP contribution is -2.35. The maximum absolute atomic E-state index is 8.54. The van der Waals surface area contributed by atoms with Gasteiger partial charge >= 0.3 is 0 Å². The number of hydrogen-bond donors (Lipinski definition) is 1. The molecule has 1 N–H and O–H groups in total. The highest BCUT2D eigenvalue weighted by Crippen LogP contribution is 2.10. The smallest absolute Gasteiger partial charge is 0.183 e. The Hall–Kier alpha value is -0.730. The Bertz CT molecular complexity index is 266. The molecule has 0 aromatic heterocycles. The Balaban J connectivity index is 2.38. The number of aliphatic imine (C=N–C) groups is 1. The molecule has 4 nitrogen and oxygen atoms in total. The van der Waals surface area contributed by atoms with E-state index >= 15 is 0 Å². The molecule has 0 aromatic rings. The summed E-state index contributed by atoms with van der Waals surface area (Å²) in [5, 5.41) is 11.9. The molecular weight excluding hydrogens is 220 g/mol. The molecule has 0 amide bonds. The first kappa shape index (κ1) is 13.3. The first-order valence-corrected chi connectivity index (χ1v) is 6.98. The fraction of sp³-hybridized carbons (Fsp3) is 0.818. The second-order valence-electron chi connectivity index (χ2n) is 4.09. The van der Waals surface area contributed by atoms with Crippen LogP contribution < -0.4 is 5.32 Å². The number of nitriles is 1. The number of nitrogens with one attached hydrogen (secondary N) is 1. The fourth-order valence-electron chi connectivity index (χ4n) is 1.94. The van der Waals surface area contributed by atoms with Gasteiger partial charge in [-0.25, -0.2) is 0 Å². The molecule has 0 saturated carbocycles. The molecule has 0 spiro atoms. The van der Waals surface area contributed by atoms with E-state index in [2.05, 4.69) is 22.1 Å². The van der Waals surface area contributed by atoms with E-state index < -0.39 is 0 Å². The number of nitrogens with zero attached hydrogens (tertiary/aromatic N) is 3. The summed E-state index contributed by atoms with van der Waals surface area (Å²) in [6.07, 6.45) is 7.82. The summed E-state index contributed by atoms with van der Waals surface area (Å²) in [5.41, 5.74) is 0. The molecule has 16 heavy (non-hydrogen) atoms. The third kappa shape index (κ3) is 4.86. The maximum Gasteiger partial charge on any atom is 0.183 e. The lowest BCUT2D eigenvalue weighted by Gasteiger charge is -2.27. The summed E-state index contributed by atoms with van der Waals surface area (Å²) in [5.74, 6) is 0. The standard InChI is InChI=1S/C11H20N4S/c1-10(14-11(16-2)13-9-12)8-15-6-4-3-5-7-15/h10H,3-8H2,1-2H3,(H,13,14). The Morgan fingerprint density at radius 3 is 2.75 bits per heavy atom. The summed E-state index contributed by atoms with van der Waals surface area (Å²) in [6, 6.07) is 0.251. The van der Waals surface area contributed by atoms with Gasteiger partial charge < -0.3 is 4.90 Å². The summed E-state index contributed by atoms with van der Waals surface area (Å²) < 4.78 is 0. The van der Waals surface area contributed by atoms with Crippen LogP contribution in [0.2, 0.25) is 0 Å². The Labute approximate surface area is 102 Å². The predicted molar refractivity (Wildman–Crippen MR) is 69.5 cm³/mol. The van der Waals surface area contributed by atoms with Gasteiger partial charge in [0, 0.05) is 6.54 Å². The van der Waals surface area contributed by atoms with Gasteiger partial charge in [-0.15, -0.1) is 0 Å². The molecule has 0 aliphatic carbocycles. The van der Waals surface area contributed by atoms with Gasteiger partial charge in [0.1, 0.15) is 0 Å². The van der Waals surface area contributed by atoms with Gasteiger partial charge in [0.25, 0.3) is 0 Å².